The molecule has 0 bridgehead atoms. The van der Waals surface area contributed by atoms with Crippen LogP contribution >= 0.6 is 0 Å². The third-order valence-corrected chi connectivity index (χ3v) is 4.13. The standard InChI is InChI=1S/C13H26N2O2/c1-14-13(12-4-6-17-10-12)8-15-5-3-11(7-15)9-16-2/h11-14H,3-10H2,1-2H3. The molecule has 4 nitrogen and oxygen atoms in total. The quantitative estimate of drug-likeness (QED) is 0.739. The summed E-state index contributed by atoms with van der Waals surface area (Å²) in [5.41, 5.74) is 0. The first-order valence-electron chi connectivity index (χ1n) is 6.79. The van der Waals surface area contributed by atoms with Gasteiger partial charge in [-0.25, -0.2) is 0 Å². The van der Waals surface area contributed by atoms with Crippen LogP contribution in [0.3, 0.4) is 0 Å². The van der Waals surface area contributed by atoms with Crippen LogP contribution in [0.15, 0.2) is 0 Å². The number of nitrogens with zero attached hydrogens (tertiary/aromatic N) is 1. The first kappa shape index (κ1) is 13.3. The van der Waals surface area contributed by atoms with E-state index in [0.717, 1.165) is 32.3 Å². The van der Waals surface area contributed by atoms with Crippen molar-refractivity contribution in [3.8, 4) is 0 Å². The molecule has 2 fully saturated rings. The van der Waals surface area contributed by atoms with Gasteiger partial charge in [0.15, 0.2) is 0 Å². The Kier molecular flexibility index (Phi) is 5.22. The lowest BCUT2D eigenvalue weighted by molar-refractivity contribution is 0.147. The minimum Gasteiger partial charge on any atom is -0.384 e. The van der Waals surface area contributed by atoms with Gasteiger partial charge in [-0.2, -0.15) is 0 Å². The van der Waals surface area contributed by atoms with Gasteiger partial charge in [-0.1, -0.05) is 0 Å². The average molecular weight is 242 g/mol. The number of hydrogen-bond donors (Lipinski definition) is 1. The van der Waals surface area contributed by atoms with E-state index < -0.39 is 0 Å². The van der Waals surface area contributed by atoms with Crippen LogP contribution in [0.1, 0.15) is 12.8 Å². The minimum absolute atomic E-state index is 0.582. The Balaban J connectivity index is 1.75. The van der Waals surface area contributed by atoms with Crippen LogP contribution in [-0.4, -0.2) is 64.6 Å². The number of ether oxygens (including phenoxy) is 2. The molecule has 0 amide bonds. The second-order valence-electron chi connectivity index (χ2n) is 5.39. The van der Waals surface area contributed by atoms with E-state index in [1.165, 1.54) is 25.9 Å². The molecule has 2 aliphatic heterocycles. The van der Waals surface area contributed by atoms with Gasteiger partial charge in [0.1, 0.15) is 0 Å². The fourth-order valence-corrected chi connectivity index (χ4v) is 3.07. The van der Waals surface area contributed by atoms with E-state index in [9.17, 15) is 0 Å². The Bertz CT molecular complexity index is 219. The van der Waals surface area contributed by atoms with Crippen LogP contribution in [0.4, 0.5) is 0 Å². The summed E-state index contributed by atoms with van der Waals surface area (Å²) in [6.45, 7) is 6.35. The molecule has 0 spiro atoms. The minimum atomic E-state index is 0.582. The smallest absolute Gasteiger partial charge is 0.0510 e. The van der Waals surface area contributed by atoms with Gasteiger partial charge in [-0.3, -0.25) is 0 Å². The second-order valence-corrected chi connectivity index (χ2v) is 5.39. The van der Waals surface area contributed by atoms with Crippen LogP contribution in [0.5, 0.6) is 0 Å². The first-order valence-corrected chi connectivity index (χ1v) is 6.79. The van der Waals surface area contributed by atoms with E-state index in [1.807, 2.05) is 0 Å². The molecule has 2 aliphatic rings. The number of nitrogens with one attached hydrogen (secondary N) is 1. The number of likely N-dealkylation sites (N-methyl/N-ethyl adjacent to an activating group) is 1. The van der Waals surface area contributed by atoms with Gasteiger partial charge in [-0.05, 0) is 32.4 Å². The molecule has 2 heterocycles. The molecule has 1 N–H and O–H groups in total. The van der Waals surface area contributed by atoms with Crippen molar-refractivity contribution in [2.75, 3.05) is 53.6 Å². The number of likely N-dealkylation sites (tertiary alicyclic amines) is 1. The van der Waals surface area contributed by atoms with Crippen molar-refractivity contribution in [3.05, 3.63) is 0 Å². The highest BCUT2D eigenvalue weighted by molar-refractivity contribution is 4.84. The summed E-state index contributed by atoms with van der Waals surface area (Å²) in [6, 6.07) is 0.582. The van der Waals surface area contributed by atoms with E-state index in [-0.39, 0.29) is 0 Å². The summed E-state index contributed by atoms with van der Waals surface area (Å²) in [7, 11) is 3.88. The van der Waals surface area contributed by atoms with E-state index in [4.69, 9.17) is 9.47 Å². The highest BCUT2D eigenvalue weighted by atomic mass is 16.5. The maximum absolute atomic E-state index is 5.49. The van der Waals surface area contributed by atoms with Crippen molar-refractivity contribution in [2.24, 2.45) is 11.8 Å². The average Bonchev–Trinajstić information content (AvgIpc) is 2.97. The van der Waals surface area contributed by atoms with E-state index in [2.05, 4.69) is 17.3 Å². The van der Waals surface area contributed by atoms with E-state index >= 15 is 0 Å². The van der Waals surface area contributed by atoms with E-state index in [1.54, 1.807) is 7.11 Å². The molecule has 0 radical (unpaired) electrons. The molecule has 0 aliphatic carbocycles. The molecular weight excluding hydrogens is 216 g/mol. The van der Waals surface area contributed by atoms with Gasteiger partial charge in [0.25, 0.3) is 0 Å². The lowest BCUT2D eigenvalue weighted by Gasteiger charge is -2.27. The monoisotopic (exact) mass is 242 g/mol. The zero-order chi connectivity index (χ0) is 12.1. The fraction of sp³-hybridized carbons (Fsp3) is 1.00. The molecule has 0 aromatic rings. The van der Waals surface area contributed by atoms with Gasteiger partial charge >= 0.3 is 0 Å². The molecule has 0 saturated carbocycles. The molecule has 4 heteroatoms. The zero-order valence-corrected chi connectivity index (χ0v) is 11.2. The maximum atomic E-state index is 5.49. The fourth-order valence-electron chi connectivity index (χ4n) is 3.07. The van der Waals surface area contributed by atoms with Crippen molar-refractivity contribution in [3.63, 3.8) is 0 Å². The van der Waals surface area contributed by atoms with Crippen molar-refractivity contribution in [1.82, 2.24) is 10.2 Å². The lowest BCUT2D eigenvalue weighted by atomic mass is 9.99. The number of methoxy groups -OCH3 is 1. The molecule has 3 unspecified atom stereocenters. The van der Waals surface area contributed by atoms with Gasteiger partial charge in [-0.15, -0.1) is 0 Å². The maximum Gasteiger partial charge on any atom is 0.0510 e. The Morgan fingerprint density at radius 3 is 3.00 bits per heavy atom. The molecule has 0 aromatic heterocycles. The topological polar surface area (TPSA) is 33.7 Å². The Labute approximate surface area is 105 Å². The third-order valence-electron chi connectivity index (χ3n) is 4.13. The Morgan fingerprint density at radius 2 is 2.35 bits per heavy atom. The van der Waals surface area contributed by atoms with Crippen LogP contribution < -0.4 is 5.32 Å². The highest BCUT2D eigenvalue weighted by Gasteiger charge is 2.29. The van der Waals surface area contributed by atoms with Gasteiger partial charge in [0.2, 0.25) is 0 Å². The summed E-state index contributed by atoms with van der Waals surface area (Å²) in [5.74, 6) is 1.43. The van der Waals surface area contributed by atoms with Crippen LogP contribution in [0, 0.1) is 11.8 Å². The van der Waals surface area contributed by atoms with Gasteiger partial charge in [0.05, 0.1) is 13.2 Å². The SMILES string of the molecule is CNC(CN1CCC(COC)C1)C1CCOC1. The summed E-state index contributed by atoms with van der Waals surface area (Å²) < 4.78 is 10.7. The zero-order valence-electron chi connectivity index (χ0n) is 11.2. The Hall–Kier alpha value is -0.160. The van der Waals surface area contributed by atoms with Crippen molar-refractivity contribution in [2.45, 2.75) is 18.9 Å². The largest absolute Gasteiger partial charge is 0.384 e. The molecule has 17 heavy (non-hydrogen) atoms. The molecule has 0 aromatic carbocycles. The van der Waals surface area contributed by atoms with Crippen LogP contribution in [0.2, 0.25) is 0 Å². The van der Waals surface area contributed by atoms with E-state index in [0.29, 0.717) is 12.0 Å². The molecule has 2 saturated heterocycles. The predicted molar refractivity (Wildman–Crippen MR) is 68.2 cm³/mol. The summed E-state index contributed by atoms with van der Waals surface area (Å²) >= 11 is 0. The summed E-state index contributed by atoms with van der Waals surface area (Å²) in [4.78, 5) is 2.57. The predicted octanol–water partition coefficient (Wildman–Crippen LogP) is 0.579. The third kappa shape index (κ3) is 3.65. The normalized spacial score (nSPS) is 32.1. The van der Waals surface area contributed by atoms with Crippen molar-refractivity contribution >= 4 is 0 Å². The number of rotatable bonds is 6. The second kappa shape index (κ2) is 6.69. The van der Waals surface area contributed by atoms with Crippen molar-refractivity contribution < 1.29 is 9.47 Å². The molecule has 2 rings (SSSR count). The van der Waals surface area contributed by atoms with Crippen LogP contribution in [0.25, 0.3) is 0 Å². The van der Waals surface area contributed by atoms with Gasteiger partial charge in [0, 0.05) is 38.8 Å². The lowest BCUT2D eigenvalue weighted by Crippen LogP contribution is -2.43. The van der Waals surface area contributed by atoms with Crippen molar-refractivity contribution in [1.29, 1.82) is 0 Å². The van der Waals surface area contributed by atoms with Crippen LogP contribution in [-0.2, 0) is 9.47 Å². The molecule has 100 valence electrons. The molecule has 3 atom stereocenters. The number of hydrogen-bond acceptors (Lipinski definition) is 4. The highest BCUT2D eigenvalue weighted by Crippen LogP contribution is 2.21. The first-order chi connectivity index (χ1) is 8.33. The summed E-state index contributed by atoms with van der Waals surface area (Å²) in [5, 5.41) is 3.46. The summed E-state index contributed by atoms with van der Waals surface area (Å²) in [6.07, 6.45) is 2.49. The molecular formula is C13H26N2O2. The van der Waals surface area contributed by atoms with Gasteiger partial charge < -0.3 is 19.7 Å². The Morgan fingerprint density at radius 1 is 1.47 bits per heavy atom.